The van der Waals surface area contributed by atoms with E-state index in [0.29, 0.717) is 12.8 Å². The average Bonchev–Trinajstić information content (AvgIpc) is 2.38. The lowest BCUT2D eigenvalue weighted by molar-refractivity contribution is -0.150. The van der Waals surface area contributed by atoms with Gasteiger partial charge in [0.25, 0.3) is 0 Å². The van der Waals surface area contributed by atoms with Gasteiger partial charge in [-0.15, -0.1) is 0 Å². The third-order valence-electron chi connectivity index (χ3n) is 3.72. The smallest absolute Gasteiger partial charge is 0.307 e. The number of hydrogen-bond donors (Lipinski definition) is 1. The summed E-state index contributed by atoms with van der Waals surface area (Å²) in [5.41, 5.74) is 0. The Labute approximate surface area is 112 Å². The van der Waals surface area contributed by atoms with E-state index in [4.69, 9.17) is 5.11 Å². The first-order valence-electron chi connectivity index (χ1n) is 6.28. The molecule has 0 spiro atoms. The van der Waals surface area contributed by atoms with Gasteiger partial charge in [0, 0.05) is 13.1 Å². The molecule has 2 rings (SSSR count). The number of carbonyl (C=O) groups excluding carboxylic acids is 1. The van der Waals surface area contributed by atoms with Crippen molar-refractivity contribution in [1.82, 2.24) is 4.90 Å². The topological polar surface area (TPSA) is 91.8 Å². The van der Waals surface area contributed by atoms with Crippen molar-refractivity contribution in [1.29, 1.82) is 0 Å². The van der Waals surface area contributed by atoms with Gasteiger partial charge < -0.3 is 10.0 Å². The monoisotopic (exact) mass is 287 g/mol. The maximum Gasteiger partial charge on any atom is 0.307 e. The molecule has 1 amide bonds. The highest BCUT2D eigenvalue weighted by molar-refractivity contribution is 7.91. The molecule has 0 aromatic heterocycles. The van der Waals surface area contributed by atoms with E-state index < -0.39 is 27.6 Å². The van der Waals surface area contributed by atoms with Crippen molar-refractivity contribution >= 4 is 21.7 Å². The molecule has 2 aliphatic rings. The molecule has 1 saturated heterocycles. The van der Waals surface area contributed by atoms with Crippen LogP contribution in [0.1, 0.15) is 12.8 Å². The number of carboxylic acids is 1. The van der Waals surface area contributed by atoms with Crippen LogP contribution >= 0.6 is 0 Å². The number of sulfone groups is 1. The fraction of sp³-hybridized carbons (Fsp3) is 0.667. The van der Waals surface area contributed by atoms with Crippen LogP contribution in [0.25, 0.3) is 0 Å². The van der Waals surface area contributed by atoms with Crippen molar-refractivity contribution in [3.63, 3.8) is 0 Å². The van der Waals surface area contributed by atoms with E-state index in [1.54, 1.807) is 6.08 Å². The SMILES string of the molecule is O=C(O)[C@H]1CC=CC[C@H]1C(=O)N1CCS(=O)(=O)CC1. The molecule has 1 N–H and O–H groups in total. The summed E-state index contributed by atoms with van der Waals surface area (Å²) in [6, 6.07) is 0. The van der Waals surface area contributed by atoms with E-state index >= 15 is 0 Å². The fourth-order valence-corrected chi connectivity index (χ4v) is 3.73. The Hall–Kier alpha value is -1.37. The van der Waals surface area contributed by atoms with Gasteiger partial charge in [-0.1, -0.05) is 12.2 Å². The van der Waals surface area contributed by atoms with Gasteiger partial charge in [-0.25, -0.2) is 8.42 Å². The summed E-state index contributed by atoms with van der Waals surface area (Å²) in [6.45, 7) is 0.349. The second-order valence-corrected chi connectivity index (χ2v) is 7.27. The van der Waals surface area contributed by atoms with Crippen molar-refractivity contribution in [2.75, 3.05) is 24.6 Å². The van der Waals surface area contributed by atoms with Crippen LogP contribution in [-0.4, -0.2) is 54.9 Å². The van der Waals surface area contributed by atoms with Gasteiger partial charge in [0.15, 0.2) is 9.84 Å². The molecule has 0 unspecified atom stereocenters. The number of carbonyl (C=O) groups is 2. The van der Waals surface area contributed by atoms with E-state index in [2.05, 4.69) is 0 Å². The van der Waals surface area contributed by atoms with Gasteiger partial charge in [-0.05, 0) is 12.8 Å². The highest BCUT2D eigenvalue weighted by Crippen LogP contribution is 2.28. The van der Waals surface area contributed by atoms with Crippen molar-refractivity contribution < 1.29 is 23.1 Å². The summed E-state index contributed by atoms with van der Waals surface area (Å²) in [4.78, 5) is 25.0. The first-order valence-corrected chi connectivity index (χ1v) is 8.10. The minimum atomic E-state index is -3.03. The van der Waals surface area contributed by atoms with Crippen LogP contribution < -0.4 is 0 Å². The first-order chi connectivity index (χ1) is 8.91. The summed E-state index contributed by atoms with van der Waals surface area (Å²) < 4.78 is 22.6. The van der Waals surface area contributed by atoms with Crippen molar-refractivity contribution in [3.05, 3.63) is 12.2 Å². The zero-order valence-corrected chi connectivity index (χ0v) is 11.3. The standard InChI is InChI=1S/C12H17NO5S/c14-11(13-5-7-19(17,18)8-6-13)9-3-1-2-4-10(9)12(15)16/h1-2,9-10H,3-8H2,(H,15,16)/t9-,10+/m1/s1. The Morgan fingerprint density at radius 2 is 1.58 bits per heavy atom. The summed E-state index contributed by atoms with van der Waals surface area (Å²) in [5, 5.41) is 9.14. The van der Waals surface area contributed by atoms with Crippen LogP contribution in [0, 0.1) is 11.8 Å². The molecule has 0 bridgehead atoms. The molecule has 0 saturated carbocycles. The summed E-state index contributed by atoms with van der Waals surface area (Å²) >= 11 is 0. The highest BCUT2D eigenvalue weighted by Gasteiger charge is 2.37. The number of hydrogen-bond acceptors (Lipinski definition) is 4. The second kappa shape index (κ2) is 5.32. The molecule has 2 atom stereocenters. The second-order valence-electron chi connectivity index (χ2n) is 4.97. The zero-order valence-electron chi connectivity index (χ0n) is 10.5. The van der Waals surface area contributed by atoms with E-state index in [1.807, 2.05) is 6.08 Å². The van der Waals surface area contributed by atoms with Gasteiger partial charge in [0.1, 0.15) is 0 Å². The number of rotatable bonds is 2. The minimum absolute atomic E-state index is 0.0287. The third kappa shape index (κ3) is 3.15. The molecule has 0 aromatic rings. The molecule has 19 heavy (non-hydrogen) atoms. The van der Waals surface area contributed by atoms with Gasteiger partial charge in [0.05, 0.1) is 23.3 Å². The molecule has 1 fully saturated rings. The lowest BCUT2D eigenvalue weighted by Gasteiger charge is -2.33. The Balaban J connectivity index is 2.07. The molecule has 7 heteroatoms. The number of allylic oxidation sites excluding steroid dienone is 2. The molecule has 1 aliphatic heterocycles. The maximum absolute atomic E-state index is 12.3. The molecule has 0 radical (unpaired) electrons. The quantitative estimate of drug-likeness (QED) is 0.717. The Morgan fingerprint density at radius 3 is 2.11 bits per heavy atom. The molecular weight excluding hydrogens is 270 g/mol. The zero-order chi connectivity index (χ0) is 14.0. The van der Waals surface area contributed by atoms with Crippen LogP contribution in [0.4, 0.5) is 0 Å². The largest absolute Gasteiger partial charge is 0.481 e. The molecule has 1 aliphatic carbocycles. The summed E-state index contributed by atoms with van der Waals surface area (Å²) in [5.74, 6) is -2.52. The van der Waals surface area contributed by atoms with Crippen LogP contribution in [0.5, 0.6) is 0 Å². The Morgan fingerprint density at radius 1 is 1.05 bits per heavy atom. The number of carboxylic acid groups (broad SMARTS) is 1. The molecule has 106 valence electrons. The van der Waals surface area contributed by atoms with Crippen LogP contribution in [0.2, 0.25) is 0 Å². The molecular formula is C12H17NO5S. The Bertz CT molecular complexity index is 496. The van der Waals surface area contributed by atoms with Crippen molar-refractivity contribution in [2.24, 2.45) is 11.8 Å². The highest BCUT2D eigenvalue weighted by atomic mass is 32.2. The molecule has 0 aromatic carbocycles. The Kier molecular flexibility index (Phi) is 3.93. The minimum Gasteiger partial charge on any atom is -0.481 e. The lowest BCUT2D eigenvalue weighted by atomic mass is 9.82. The van der Waals surface area contributed by atoms with E-state index in [-0.39, 0.29) is 30.5 Å². The third-order valence-corrected chi connectivity index (χ3v) is 5.33. The number of nitrogens with zero attached hydrogens (tertiary/aromatic N) is 1. The van der Waals surface area contributed by atoms with E-state index in [9.17, 15) is 18.0 Å². The van der Waals surface area contributed by atoms with Crippen LogP contribution in [-0.2, 0) is 19.4 Å². The van der Waals surface area contributed by atoms with Gasteiger partial charge in [-0.2, -0.15) is 0 Å². The van der Waals surface area contributed by atoms with Crippen LogP contribution in [0.15, 0.2) is 12.2 Å². The average molecular weight is 287 g/mol. The molecule has 6 nitrogen and oxygen atoms in total. The van der Waals surface area contributed by atoms with Crippen molar-refractivity contribution in [3.8, 4) is 0 Å². The van der Waals surface area contributed by atoms with E-state index in [0.717, 1.165) is 0 Å². The first kappa shape index (κ1) is 14.0. The fourth-order valence-electron chi connectivity index (χ4n) is 2.53. The predicted molar refractivity (Wildman–Crippen MR) is 68.2 cm³/mol. The summed E-state index contributed by atoms with van der Waals surface area (Å²) in [7, 11) is -3.03. The summed E-state index contributed by atoms with van der Waals surface area (Å²) in [6.07, 6.45) is 4.38. The van der Waals surface area contributed by atoms with Gasteiger partial charge >= 0.3 is 5.97 Å². The normalized spacial score (nSPS) is 30.0. The van der Waals surface area contributed by atoms with Gasteiger partial charge in [-0.3, -0.25) is 9.59 Å². The molecule has 1 heterocycles. The predicted octanol–water partition coefficient (Wildman–Crippen LogP) is -0.0896. The van der Waals surface area contributed by atoms with Crippen LogP contribution in [0.3, 0.4) is 0 Å². The number of aliphatic carboxylic acids is 1. The van der Waals surface area contributed by atoms with Crippen molar-refractivity contribution in [2.45, 2.75) is 12.8 Å². The van der Waals surface area contributed by atoms with Gasteiger partial charge in [0.2, 0.25) is 5.91 Å². The maximum atomic E-state index is 12.3. The lowest BCUT2D eigenvalue weighted by Crippen LogP contribution is -2.48. The number of amides is 1. The van der Waals surface area contributed by atoms with E-state index in [1.165, 1.54) is 4.90 Å².